The van der Waals surface area contributed by atoms with E-state index < -0.39 is 30.2 Å². The Morgan fingerprint density at radius 2 is 1.34 bits per heavy atom. The zero-order chi connectivity index (χ0) is 20.8. The summed E-state index contributed by atoms with van der Waals surface area (Å²) in [6, 6.07) is 11.8. The molecule has 1 aromatic carbocycles. The number of hydrogen-bond acceptors (Lipinski definition) is 5. The molecule has 0 atom stereocenters. The van der Waals surface area contributed by atoms with E-state index in [9.17, 15) is 8.78 Å². The second-order valence-electron chi connectivity index (χ2n) is 7.98. The molecule has 3 aromatic rings. The minimum Gasteiger partial charge on any atom is -0.399 e. The van der Waals surface area contributed by atoms with Crippen LogP contribution in [0, 0.1) is 11.9 Å². The van der Waals surface area contributed by atoms with Crippen molar-refractivity contribution in [1.82, 2.24) is 15.0 Å². The monoisotopic (exact) mass is 395 g/mol. The molecular weight excluding hydrogens is 375 g/mol. The second-order valence-corrected chi connectivity index (χ2v) is 7.98. The van der Waals surface area contributed by atoms with Gasteiger partial charge in [0.1, 0.15) is 0 Å². The lowest BCUT2D eigenvalue weighted by atomic mass is 9.79. The first-order valence-corrected chi connectivity index (χ1v) is 9.27. The van der Waals surface area contributed by atoms with Crippen LogP contribution in [0.25, 0.3) is 22.6 Å². The first kappa shape index (κ1) is 19.6. The Hall–Kier alpha value is -2.71. The molecule has 0 unspecified atom stereocenters. The molecule has 29 heavy (non-hydrogen) atoms. The van der Waals surface area contributed by atoms with Crippen molar-refractivity contribution < 1.29 is 18.1 Å². The molecule has 8 heteroatoms. The summed E-state index contributed by atoms with van der Waals surface area (Å²) in [5.41, 5.74) is 2.17. The molecule has 0 aliphatic carbocycles. The molecule has 4 rings (SSSR count). The maximum atomic E-state index is 13.3. The van der Waals surface area contributed by atoms with Gasteiger partial charge in [-0.3, -0.25) is 4.98 Å². The molecule has 0 spiro atoms. The Balaban J connectivity index is 1.54. The van der Waals surface area contributed by atoms with Crippen molar-refractivity contribution >= 4 is 12.6 Å². The molecule has 1 fully saturated rings. The van der Waals surface area contributed by atoms with Gasteiger partial charge >= 0.3 is 7.12 Å². The summed E-state index contributed by atoms with van der Waals surface area (Å²) in [4.78, 5) is 11.6. The first-order chi connectivity index (χ1) is 13.6. The number of pyridine rings is 1. The maximum absolute atomic E-state index is 13.3. The third-order valence-electron chi connectivity index (χ3n) is 5.42. The highest BCUT2D eigenvalue weighted by Crippen LogP contribution is 2.36. The number of aromatic nitrogens is 3. The van der Waals surface area contributed by atoms with Crippen LogP contribution >= 0.6 is 0 Å². The molecule has 0 amide bonds. The van der Waals surface area contributed by atoms with E-state index in [2.05, 4.69) is 15.0 Å². The summed E-state index contributed by atoms with van der Waals surface area (Å²) < 4.78 is 38.7. The molecule has 3 heterocycles. The predicted octanol–water partition coefficient (Wildman–Crippen LogP) is 3.78. The first-order valence-electron chi connectivity index (χ1n) is 9.27. The normalized spacial score (nSPS) is 17.5. The van der Waals surface area contributed by atoms with Gasteiger partial charge in [-0.2, -0.15) is 18.7 Å². The van der Waals surface area contributed by atoms with Gasteiger partial charge < -0.3 is 9.31 Å². The minimum atomic E-state index is -0.921. The van der Waals surface area contributed by atoms with Gasteiger partial charge in [0.15, 0.2) is 5.82 Å². The van der Waals surface area contributed by atoms with E-state index in [0.29, 0.717) is 17.3 Å². The lowest BCUT2D eigenvalue weighted by molar-refractivity contribution is 0.00578. The van der Waals surface area contributed by atoms with Gasteiger partial charge in [-0.15, -0.1) is 0 Å². The number of halogens is 2. The van der Waals surface area contributed by atoms with Gasteiger partial charge in [0.05, 0.1) is 16.9 Å². The Morgan fingerprint density at radius 3 is 1.86 bits per heavy atom. The highest BCUT2D eigenvalue weighted by atomic mass is 19.1. The van der Waals surface area contributed by atoms with E-state index in [1.807, 2.05) is 52.0 Å². The van der Waals surface area contributed by atoms with Crippen LogP contribution < -0.4 is 5.46 Å². The fourth-order valence-electron chi connectivity index (χ4n) is 3.01. The van der Waals surface area contributed by atoms with Crippen molar-refractivity contribution in [3.05, 3.63) is 60.6 Å². The fraction of sp³-hybridized carbons (Fsp3) is 0.286. The summed E-state index contributed by atoms with van der Waals surface area (Å²) in [6.07, 6.45) is 1.49. The van der Waals surface area contributed by atoms with Gasteiger partial charge in [-0.1, -0.05) is 24.3 Å². The SMILES string of the molecule is CC1(C)OB(c2ccc(-c3ccc(-c4nc(F)cc(F)n4)cn3)cc2)OC1(C)C. The van der Waals surface area contributed by atoms with Crippen LogP contribution in [-0.4, -0.2) is 33.3 Å². The van der Waals surface area contributed by atoms with Crippen LogP contribution in [0.2, 0.25) is 0 Å². The fourth-order valence-corrected chi connectivity index (χ4v) is 3.01. The number of rotatable bonds is 3. The van der Waals surface area contributed by atoms with Crippen molar-refractivity contribution in [3.8, 4) is 22.6 Å². The Bertz CT molecular complexity index is 1000. The summed E-state index contributed by atoms with van der Waals surface area (Å²) in [7, 11) is -0.426. The van der Waals surface area contributed by atoms with E-state index in [1.165, 1.54) is 6.20 Å². The molecule has 1 aliphatic rings. The number of nitrogens with zero attached hydrogens (tertiary/aromatic N) is 3. The molecule has 2 aromatic heterocycles. The van der Waals surface area contributed by atoms with Crippen molar-refractivity contribution in [3.63, 3.8) is 0 Å². The molecule has 0 N–H and O–H groups in total. The summed E-state index contributed by atoms with van der Waals surface area (Å²) in [5.74, 6) is -1.89. The largest absolute Gasteiger partial charge is 0.494 e. The molecular formula is C21H20BF2N3O2. The number of benzene rings is 1. The van der Waals surface area contributed by atoms with E-state index in [0.717, 1.165) is 11.0 Å². The average Bonchev–Trinajstić information content (AvgIpc) is 2.89. The summed E-state index contributed by atoms with van der Waals surface area (Å²) in [5, 5.41) is 0. The van der Waals surface area contributed by atoms with Gasteiger partial charge in [-0.25, -0.2) is 0 Å². The number of hydrogen-bond donors (Lipinski definition) is 0. The molecule has 0 radical (unpaired) electrons. The highest BCUT2D eigenvalue weighted by molar-refractivity contribution is 6.62. The van der Waals surface area contributed by atoms with Crippen molar-refractivity contribution in [2.24, 2.45) is 0 Å². The lowest BCUT2D eigenvalue weighted by Crippen LogP contribution is -2.41. The van der Waals surface area contributed by atoms with E-state index >= 15 is 0 Å². The molecule has 0 bridgehead atoms. The summed E-state index contributed by atoms with van der Waals surface area (Å²) >= 11 is 0. The van der Waals surface area contributed by atoms with Gasteiger partial charge in [0, 0.05) is 23.4 Å². The summed E-state index contributed by atoms with van der Waals surface area (Å²) in [6.45, 7) is 8.06. The van der Waals surface area contributed by atoms with Gasteiger partial charge in [0.2, 0.25) is 11.9 Å². The van der Waals surface area contributed by atoms with E-state index in [4.69, 9.17) is 9.31 Å². The van der Waals surface area contributed by atoms with Crippen LogP contribution in [0.1, 0.15) is 27.7 Å². The molecule has 0 saturated carbocycles. The average molecular weight is 395 g/mol. The van der Waals surface area contributed by atoms with E-state index in [1.54, 1.807) is 12.1 Å². The van der Waals surface area contributed by atoms with Crippen molar-refractivity contribution in [1.29, 1.82) is 0 Å². The standard InChI is InChI=1S/C21H20BF2N3O2/c1-20(2)21(3,4)29-22(28-20)15-8-5-13(6-9-15)16-10-7-14(12-25-16)19-26-17(23)11-18(24)27-19/h5-12H,1-4H3. The molecule has 1 saturated heterocycles. The smallest absolute Gasteiger partial charge is 0.399 e. The van der Waals surface area contributed by atoms with Crippen molar-refractivity contribution in [2.75, 3.05) is 0 Å². The van der Waals surface area contributed by atoms with Gasteiger partial charge in [-0.05, 0) is 45.3 Å². The highest BCUT2D eigenvalue weighted by Gasteiger charge is 2.51. The van der Waals surface area contributed by atoms with E-state index in [-0.39, 0.29) is 5.82 Å². The van der Waals surface area contributed by atoms with Gasteiger partial charge in [0.25, 0.3) is 0 Å². The van der Waals surface area contributed by atoms with Crippen LogP contribution in [0.15, 0.2) is 48.7 Å². The van der Waals surface area contributed by atoms with Crippen LogP contribution in [-0.2, 0) is 9.31 Å². The maximum Gasteiger partial charge on any atom is 0.494 e. The topological polar surface area (TPSA) is 57.1 Å². The molecule has 5 nitrogen and oxygen atoms in total. The Labute approximate surface area is 168 Å². The van der Waals surface area contributed by atoms with Crippen LogP contribution in [0.4, 0.5) is 8.78 Å². The zero-order valence-electron chi connectivity index (χ0n) is 16.6. The quantitative estimate of drug-likeness (QED) is 0.499. The van der Waals surface area contributed by atoms with Crippen LogP contribution in [0.3, 0.4) is 0 Å². The molecule has 148 valence electrons. The third-order valence-corrected chi connectivity index (χ3v) is 5.42. The Morgan fingerprint density at radius 1 is 0.793 bits per heavy atom. The third kappa shape index (κ3) is 3.78. The predicted molar refractivity (Wildman–Crippen MR) is 106 cm³/mol. The van der Waals surface area contributed by atoms with Crippen LogP contribution in [0.5, 0.6) is 0 Å². The second kappa shape index (κ2) is 6.97. The minimum absolute atomic E-state index is 0.0438. The zero-order valence-corrected chi connectivity index (χ0v) is 16.6. The lowest BCUT2D eigenvalue weighted by Gasteiger charge is -2.32. The van der Waals surface area contributed by atoms with Crippen molar-refractivity contribution in [2.45, 2.75) is 38.9 Å². The Kier molecular flexibility index (Phi) is 4.71. The molecule has 1 aliphatic heterocycles.